The Balaban J connectivity index is 1.04. The van der Waals surface area contributed by atoms with Crippen molar-refractivity contribution in [3.63, 3.8) is 0 Å². The number of amides is 1. The van der Waals surface area contributed by atoms with E-state index in [1.807, 2.05) is 56.3 Å². The number of likely N-dealkylation sites (tertiary alicyclic amines) is 1. The largest absolute Gasteiger partial charge is 0.338 e. The number of carbonyl (C=O) groups excluding carboxylic acids is 1. The van der Waals surface area contributed by atoms with Gasteiger partial charge in [-0.15, -0.1) is 0 Å². The van der Waals surface area contributed by atoms with Gasteiger partial charge < -0.3 is 9.42 Å². The zero-order chi connectivity index (χ0) is 22.8. The molecular formula is C25H30N6O2. The fraction of sp³-hybridized carbons (Fsp3) is 0.560. The van der Waals surface area contributed by atoms with E-state index < -0.39 is 0 Å². The zero-order valence-electron chi connectivity index (χ0n) is 19.5. The van der Waals surface area contributed by atoms with Crippen molar-refractivity contribution in [2.75, 3.05) is 13.1 Å². The molecule has 0 radical (unpaired) electrons. The highest BCUT2D eigenvalue weighted by molar-refractivity contribution is 5.95. The van der Waals surface area contributed by atoms with Crippen LogP contribution >= 0.6 is 0 Å². The molecule has 0 N–H and O–H groups in total. The van der Waals surface area contributed by atoms with E-state index in [0.29, 0.717) is 29.2 Å². The van der Waals surface area contributed by atoms with Gasteiger partial charge in [0.25, 0.3) is 5.91 Å². The Labute approximate surface area is 193 Å². The number of carbonyl (C=O) groups is 1. The third-order valence-electron chi connectivity index (χ3n) is 7.51. The molecule has 0 atom stereocenters. The van der Waals surface area contributed by atoms with E-state index in [2.05, 4.69) is 19.8 Å². The van der Waals surface area contributed by atoms with Gasteiger partial charge in [0, 0.05) is 41.0 Å². The number of aromatic nitrogens is 5. The van der Waals surface area contributed by atoms with Gasteiger partial charge in [-0.1, -0.05) is 44.5 Å². The lowest BCUT2D eigenvalue weighted by atomic mass is 9.60. The minimum Gasteiger partial charge on any atom is -0.338 e. The monoisotopic (exact) mass is 446 g/mol. The maximum Gasteiger partial charge on any atom is 0.253 e. The second-order valence-corrected chi connectivity index (χ2v) is 11.2. The second kappa shape index (κ2) is 7.23. The number of nitrogens with zero attached hydrogens (tertiary/aromatic N) is 6. The molecule has 3 heterocycles. The van der Waals surface area contributed by atoms with Crippen LogP contribution in [0, 0.1) is 5.41 Å². The minimum absolute atomic E-state index is 0.0899. The molecule has 1 aromatic carbocycles. The highest BCUT2D eigenvalue weighted by Gasteiger charge is 2.54. The summed E-state index contributed by atoms with van der Waals surface area (Å²) >= 11 is 0. The van der Waals surface area contributed by atoms with E-state index in [0.717, 1.165) is 37.3 Å². The van der Waals surface area contributed by atoms with Gasteiger partial charge in [0.2, 0.25) is 11.7 Å². The summed E-state index contributed by atoms with van der Waals surface area (Å²) in [5.41, 5.74) is 1.62. The van der Waals surface area contributed by atoms with E-state index in [-0.39, 0.29) is 16.7 Å². The molecule has 2 saturated carbocycles. The molecule has 3 aliphatic rings. The summed E-state index contributed by atoms with van der Waals surface area (Å²) in [6.07, 6.45) is 7.82. The number of hydrogen-bond donors (Lipinski definition) is 0. The molecule has 1 spiro atoms. The van der Waals surface area contributed by atoms with Crippen molar-refractivity contribution in [3.05, 3.63) is 47.9 Å². The van der Waals surface area contributed by atoms with Gasteiger partial charge in [-0.05, 0) is 37.8 Å². The van der Waals surface area contributed by atoms with Crippen molar-refractivity contribution in [2.45, 2.75) is 70.3 Å². The summed E-state index contributed by atoms with van der Waals surface area (Å²) < 4.78 is 7.44. The van der Waals surface area contributed by atoms with E-state index in [1.165, 1.54) is 19.3 Å². The molecule has 3 fully saturated rings. The van der Waals surface area contributed by atoms with Crippen LogP contribution in [0.2, 0.25) is 0 Å². The summed E-state index contributed by atoms with van der Waals surface area (Å²) in [5, 5.41) is 8.82. The molecule has 2 aromatic heterocycles. The fourth-order valence-electron chi connectivity index (χ4n) is 5.20. The first-order valence-electron chi connectivity index (χ1n) is 11.9. The fourth-order valence-corrected chi connectivity index (χ4v) is 5.20. The number of benzene rings is 1. The van der Waals surface area contributed by atoms with Crippen molar-refractivity contribution >= 4 is 5.91 Å². The molecule has 8 nitrogen and oxygen atoms in total. The van der Waals surface area contributed by atoms with Crippen LogP contribution in [-0.2, 0) is 5.41 Å². The Hall–Kier alpha value is -3.03. The predicted octanol–water partition coefficient (Wildman–Crippen LogP) is 4.37. The average Bonchev–Trinajstić information content (AvgIpc) is 3.34. The number of rotatable bonds is 4. The molecule has 6 rings (SSSR count). The molecule has 8 heteroatoms. The van der Waals surface area contributed by atoms with Crippen LogP contribution in [0.1, 0.15) is 86.9 Å². The molecule has 0 bridgehead atoms. The van der Waals surface area contributed by atoms with E-state index in [9.17, 15) is 4.79 Å². The topological polar surface area (TPSA) is 89.9 Å². The van der Waals surface area contributed by atoms with Crippen molar-refractivity contribution < 1.29 is 9.32 Å². The van der Waals surface area contributed by atoms with Crippen LogP contribution < -0.4 is 0 Å². The van der Waals surface area contributed by atoms with E-state index in [4.69, 9.17) is 9.62 Å². The Bertz CT molecular complexity index is 1170. The zero-order valence-corrected chi connectivity index (χ0v) is 19.5. The van der Waals surface area contributed by atoms with Crippen molar-refractivity contribution in [2.24, 2.45) is 5.41 Å². The average molecular weight is 447 g/mol. The van der Waals surface area contributed by atoms with Gasteiger partial charge in [0.1, 0.15) is 6.33 Å². The Morgan fingerprint density at radius 2 is 1.85 bits per heavy atom. The van der Waals surface area contributed by atoms with Gasteiger partial charge in [-0.25, -0.2) is 9.67 Å². The van der Waals surface area contributed by atoms with Crippen LogP contribution in [0.5, 0.6) is 0 Å². The predicted molar refractivity (Wildman–Crippen MR) is 122 cm³/mol. The standard InChI is InChI=1S/C25H30N6O2/c1-24(2,3)23-27-21(29-33-23)17-7-9-18(10-8-17)22(32)30-13-25(14-30)11-19(12-25)31-15-26-20(28-31)16-5-4-6-16/h7-10,15-16,19H,4-6,11-14H2,1-3H3. The van der Waals surface area contributed by atoms with Crippen LogP contribution in [0.3, 0.4) is 0 Å². The van der Waals surface area contributed by atoms with E-state index in [1.54, 1.807) is 0 Å². The third kappa shape index (κ3) is 3.56. The normalized spacial score (nSPS) is 20.4. The summed E-state index contributed by atoms with van der Waals surface area (Å²) in [4.78, 5) is 23.9. The lowest BCUT2D eigenvalue weighted by Gasteiger charge is -2.58. The molecule has 1 saturated heterocycles. The Morgan fingerprint density at radius 1 is 1.12 bits per heavy atom. The quantitative estimate of drug-likeness (QED) is 0.591. The van der Waals surface area contributed by atoms with Gasteiger partial charge in [0.15, 0.2) is 5.82 Å². The second-order valence-electron chi connectivity index (χ2n) is 11.2. The molecular weight excluding hydrogens is 416 g/mol. The Morgan fingerprint density at radius 3 is 2.45 bits per heavy atom. The third-order valence-corrected chi connectivity index (χ3v) is 7.51. The maximum atomic E-state index is 13.0. The van der Waals surface area contributed by atoms with Crippen LogP contribution in [0.4, 0.5) is 0 Å². The van der Waals surface area contributed by atoms with Crippen molar-refractivity contribution in [1.29, 1.82) is 0 Å². The van der Waals surface area contributed by atoms with Crippen LogP contribution in [-0.4, -0.2) is 48.8 Å². The van der Waals surface area contributed by atoms with Crippen LogP contribution in [0.15, 0.2) is 35.1 Å². The summed E-state index contributed by atoms with van der Waals surface area (Å²) in [7, 11) is 0. The smallest absolute Gasteiger partial charge is 0.253 e. The van der Waals surface area contributed by atoms with Gasteiger partial charge in [-0.2, -0.15) is 10.1 Å². The summed E-state index contributed by atoms with van der Waals surface area (Å²) in [6, 6.07) is 7.93. The maximum absolute atomic E-state index is 13.0. The van der Waals surface area contributed by atoms with E-state index >= 15 is 0 Å². The SMILES string of the molecule is CC(C)(C)c1nc(-c2ccc(C(=O)N3CC4(CC(n5cnc(C6CCC6)n5)C4)C3)cc2)no1. The summed E-state index contributed by atoms with van der Waals surface area (Å²) in [5.74, 6) is 2.84. The molecule has 3 aromatic rings. The number of hydrogen-bond acceptors (Lipinski definition) is 6. The first kappa shape index (κ1) is 20.6. The molecule has 172 valence electrons. The van der Waals surface area contributed by atoms with Crippen LogP contribution in [0.25, 0.3) is 11.4 Å². The lowest BCUT2D eigenvalue weighted by molar-refractivity contribution is -0.0740. The lowest BCUT2D eigenvalue weighted by Crippen LogP contribution is -2.63. The highest BCUT2D eigenvalue weighted by Crippen LogP contribution is 2.54. The minimum atomic E-state index is -0.193. The first-order chi connectivity index (χ1) is 15.8. The van der Waals surface area contributed by atoms with Crippen molar-refractivity contribution in [1.82, 2.24) is 29.8 Å². The van der Waals surface area contributed by atoms with Crippen molar-refractivity contribution in [3.8, 4) is 11.4 Å². The van der Waals surface area contributed by atoms with Gasteiger partial charge in [-0.3, -0.25) is 4.79 Å². The van der Waals surface area contributed by atoms with Gasteiger partial charge in [0.05, 0.1) is 6.04 Å². The first-order valence-corrected chi connectivity index (χ1v) is 11.9. The molecule has 0 unspecified atom stereocenters. The summed E-state index contributed by atoms with van der Waals surface area (Å²) in [6.45, 7) is 7.76. The molecule has 2 aliphatic carbocycles. The molecule has 1 amide bonds. The highest BCUT2D eigenvalue weighted by atomic mass is 16.5. The molecule has 1 aliphatic heterocycles. The Kier molecular flexibility index (Phi) is 4.51. The van der Waals surface area contributed by atoms with Gasteiger partial charge >= 0.3 is 0 Å². The molecule has 33 heavy (non-hydrogen) atoms.